The van der Waals surface area contributed by atoms with Crippen LogP contribution in [0.1, 0.15) is 48.0 Å². The molecule has 0 radical (unpaired) electrons. The minimum atomic E-state index is 0.0152. The molecule has 1 saturated carbocycles. The van der Waals surface area contributed by atoms with E-state index in [4.69, 9.17) is 11.6 Å². The average molecular weight is 314 g/mol. The normalized spacial score (nSPS) is 15.5. The van der Waals surface area contributed by atoms with Crippen LogP contribution in [0.15, 0.2) is 48.5 Å². The van der Waals surface area contributed by atoms with Crippen molar-refractivity contribution in [2.45, 2.75) is 38.1 Å². The fraction of sp³-hybridized carbons (Fsp3) is 0.316. The zero-order valence-corrected chi connectivity index (χ0v) is 13.3. The van der Waals surface area contributed by atoms with Gasteiger partial charge in [0, 0.05) is 27.9 Å². The van der Waals surface area contributed by atoms with Gasteiger partial charge in [-0.25, -0.2) is 0 Å². The molecule has 3 heteroatoms. The number of halogens is 1. The Bertz CT molecular complexity index is 648. The van der Waals surface area contributed by atoms with E-state index in [1.54, 1.807) is 6.07 Å². The van der Waals surface area contributed by atoms with Crippen molar-refractivity contribution in [3.63, 3.8) is 0 Å². The zero-order chi connectivity index (χ0) is 15.4. The SMILES string of the molecule is O=C(c1ccccc1)c1cc(Cl)ccc1NC1CCCCC1. The number of anilines is 1. The number of ketones is 1. The van der Waals surface area contributed by atoms with Crippen LogP contribution in [0.5, 0.6) is 0 Å². The first-order valence-electron chi connectivity index (χ1n) is 7.90. The molecule has 0 unspecified atom stereocenters. The van der Waals surface area contributed by atoms with E-state index in [-0.39, 0.29) is 5.78 Å². The molecule has 0 bridgehead atoms. The summed E-state index contributed by atoms with van der Waals surface area (Å²) < 4.78 is 0. The zero-order valence-electron chi connectivity index (χ0n) is 12.5. The van der Waals surface area contributed by atoms with E-state index >= 15 is 0 Å². The van der Waals surface area contributed by atoms with Crippen molar-refractivity contribution in [1.29, 1.82) is 0 Å². The first kappa shape index (κ1) is 15.1. The van der Waals surface area contributed by atoms with Crippen molar-refractivity contribution in [1.82, 2.24) is 0 Å². The fourth-order valence-corrected chi connectivity index (χ4v) is 3.21. The minimum absolute atomic E-state index is 0.0152. The van der Waals surface area contributed by atoms with Crippen LogP contribution in [0.4, 0.5) is 5.69 Å². The van der Waals surface area contributed by atoms with Crippen molar-refractivity contribution < 1.29 is 4.79 Å². The summed E-state index contributed by atoms with van der Waals surface area (Å²) in [5.74, 6) is 0.0152. The molecule has 1 N–H and O–H groups in total. The highest BCUT2D eigenvalue weighted by molar-refractivity contribution is 6.31. The lowest BCUT2D eigenvalue weighted by molar-refractivity contribution is 0.103. The van der Waals surface area contributed by atoms with Gasteiger partial charge in [0.05, 0.1) is 0 Å². The monoisotopic (exact) mass is 313 g/mol. The first-order chi connectivity index (χ1) is 10.7. The maximum Gasteiger partial charge on any atom is 0.195 e. The van der Waals surface area contributed by atoms with Gasteiger partial charge < -0.3 is 5.32 Å². The largest absolute Gasteiger partial charge is 0.382 e. The van der Waals surface area contributed by atoms with Gasteiger partial charge in [-0.1, -0.05) is 61.2 Å². The number of rotatable bonds is 4. The molecule has 2 aromatic carbocycles. The molecule has 3 rings (SSSR count). The maximum atomic E-state index is 12.8. The second kappa shape index (κ2) is 6.97. The number of carbonyl (C=O) groups is 1. The molecule has 0 atom stereocenters. The molecule has 1 aliphatic carbocycles. The lowest BCUT2D eigenvalue weighted by Gasteiger charge is -2.25. The highest BCUT2D eigenvalue weighted by atomic mass is 35.5. The maximum absolute atomic E-state index is 12.8. The molecule has 0 amide bonds. The minimum Gasteiger partial charge on any atom is -0.382 e. The van der Waals surface area contributed by atoms with Gasteiger partial charge in [-0.2, -0.15) is 0 Å². The molecule has 1 fully saturated rings. The highest BCUT2D eigenvalue weighted by Crippen LogP contribution is 2.27. The average Bonchev–Trinajstić information content (AvgIpc) is 2.57. The summed E-state index contributed by atoms with van der Waals surface area (Å²) in [6.07, 6.45) is 6.16. The Morgan fingerprint density at radius 1 is 1.00 bits per heavy atom. The summed E-state index contributed by atoms with van der Waals surface area (Å²) >= 11 is 6.11. The second-order valence-corrected chi connectivity index (χ2v) is 6.30. The molecule has 2 nitrogen and oxygen atoms in total. The Hall–Kier alpha value is -1.80. The molecule has 0 aliphatic heterocycles. The topological polar surface area (TPSA) is 29.1 Å². The standard InChI is InChI=1S/C19H20ClNO/c20-15-11-12-18(21-16-9-5-2-6-10-16)17(13-15)19(22)14-7-3-1-4-8-14/h1,3-4,7-8,11-13,16,21H,2,5-6,9-10H2. The van der Waals surface area contributed by atoms with Crippen LogP contribution in [0.3, 0.4) is 0 Å². The smallest absolute Gasteiger partial charge is 0.195 e. The molecule has 1 aliphatic rings. The van der Waals surface area contributed by atoms with Gasteiger partial charge in [-0.05, 0) is 31.0 Å². The quantitative estimate of drug-likeness (QED) is 0.774. The van der Waals surface area contributed by atoms with Crippen LogP contribution in [0, 0.1) is 0 Å². The summed E-state index contributed by atoms with van der Waals surface area (Å²) in [6.45, 7) is 0. The number of hydrogen-bond acceptors (Lipinski definition) is 2. The van der Waals surface area contributed by atoms with E-state index in [9.17, 15) is 4.79 Å². The van der Waals surface area contributed by atoms with E-state index in [1.165, 1.54) is 32.1 Å². The Morgan fingerprint density at radius 2 is 1.73 bits per heavy atom. The molecule has 22 heavy (non-hydrogen) atoms. The summed E-state index contributed by atoms with van der Waals surface area (Å²) in [7, 11) is 0. The summed E-state index contributed by atoms with van der Waals surface area (Å²) in [6, 6.07) is 15.3. The van der Waals surface area contributed by atoms with Gasteiger partial charge in [0.2, 0.25) is 0 Å². The lowest BCUT2D eigenvalue weighted by atomic mass is 9.94. The number of hydrogen-bond donors (Lipinski definition) is 1. The van der Waals surface area contributed by atoms with Crippen LogP contribution < -0.4 is 5.32 Å². The highest BCUT2D eigenvalue weighted by Gasteiger charge is 2.18. The third kappa shape index (κ3) is 3.50. The molecular formula is C19H20ClNO. The third-order valence-corrected chi connectivity index (χ3v) is 4.46. The Labute approximate surface area is 136 Å². The van der Waals surface area contributed by atoms with E-state index in [0.717, 1.165) is 5.69 Å². The summed E-state index contributed by atoms with van der Waals surface area (Å²) in [5.41, 5.74) is 2.24. The summed E-state index contributed by atoms with van der Waals surface area (Å²) in [5, 5.41) is 4.14. The van der Waals surface area contributed by atoms with Gasteiger partial charge in [-0.15, -0.1) is 0 Å². The molecular weight excluding hydrogens is 294 g/mol. The van der Waals surface area contributed by atoms with Crippen molar-refractivity contribution in [3.05, 3.63) is 64.7 Å². The molecule has 0 saturated heterocycles. The molecule has 0 heterocycles. The van der Waals surface area contributed by atoms with Crippen LogP contribution in [0.25, 0.3) is 0 Å². The lowest BCUT2D eigenvalue weighted by Crippen LogP contribution is -2.23. The number of benzene rings is 2. The van der Waals surface area contributed by atoms with E-state index in [2.05, 4.69) is 5.32 Å². The van der Waals surface area contributed by atoms with Gasteiger partial charge in [0.1, 0.15) is 0 Å². The molecule has 0 aromatic heterocycles. The van der Waals surface area contributed by atoms with Crippen LogP contribution in [0.2, 0.25) is 5.02 Å². The molecule has 114 valence electrons. The van der Waals surface area contributed by atoms with Crippen LogP contribution in [-0.2, 0) is 0 Å². The second-order valence-electron chi connectivity index (χ2n) is 5.86. The van der Waals surface area contributed by atoms with Gasteiger partial charge >= 0.3 is 0 Å². The van der Waals surface area contributed by atoms with Crippen molar-refractivity contribution in [2.24, 2.45) is 0 Å². The summed E-state index contributed by atoms with van der Waals surface area (Å²) in [4.78, 5) is 12.8. The van der Waals surface area contributed by atoms with E-state index in [1.807, 2.05) is 42.5 Å². The van der Waals surface area contributed by atoms with E-state index < -0.39 is 0 Å². The predicted octanol–water partition coefficient (Wildman–Crippen LogP) is 5.32. The number of nitrogens with one attached hydrogen (secondary N) is 1. The van der Waals surface area contributed by atoms with Gasteiger partial charge in [-0.3, -0.25) is 4.79 Å². The predicted molar refractivity (Wildman–Crippen MR) is 91.8 cm³/mol. The van der Waals surface area contributed by atoms with Crippen molar-refractivity contribution >= 4 is 23.1 Å². The molecule has 2 aromatic rings. The first-order valence-corrected chi connectivity index (χ1v) is 8.27. The fourth-order valence-electron chi connectivity index (χ4n) is 3.04. The van der Waals surface area contributed by atoms with Crippen molar-refractivity contribution in [3.8, 4) is 0 Å². The molecule has 0 spiro atoms. The Kier molecular flexibility index (Phi) is 4.79. The number of carbonyl (C=O) groups excluding carboxylic acids is 1. The van der Waals surface area contributed by atoms with Gasteiger partial charge in [0.25, 0.3) is 0 Å². The third-order valence-electron chi connectivity index (χ3n) is 4.23. The van der Waals surface area contributed by atoms with Crippen LogP contribution >= 0.6 is 11.6 Å². The van der Waals surface area contributed by atoms with E-state index in [0.29, 0.717) is 22.2 Å². The van der Waals surface area contributed by atoms with Crippen molar-refractivity contribution in [2.75, 3.05) is 5.32 Å². The Morgan fingerprint density at radius 3 is 2.45 bits per heavy atom. The van der Waals surface area contributed by atoms with Gasteiger partial charge in [0.15, 0.2) is 5.78 Å². The van der Waals surface area contributed by atoms with Crippen LogP contribution in [-0.4, -0.2) is 11.8 Å². The Balaban J connectivity index is 1.89.